The van der Waals surface area contributed by atoms with Crippen LogP contribution in [0, 0.1) is 0 Å². The molecule has 0 aliphatic heterocycles. The Kier molecular flexibility index (Phi) is 3.50. The summed E-state index contributed by atoms with van der Waals surface area (Å²) >= 11 is 0. The van der Waals surface area contributed by atoms with Gasteiger partial charge >= 0.3 is 12.1 Å². The number of pyridine rings is 1. The molecule has 23 heavy (non-hydrogen) atoms. The number of amides is 1. The zero-order chi connectivity index (χ0) is 16.8. The minimum Gasteiger partial charge on any atom is -0.475 e. The summed E-state index contributed by atoms with van der Waals surface area (Å²) in [7, 11) is 0. The van der Waals surface area contributed by atoms with Crippen LogP contribution in [0.5, 0.6) is 0 Å². The quantitative estimate of drug-likeness (QED) is 0.893. The summed E-state index contributed by atoms with van der Waals surface area (Å²) in [5.41, 5.74) is 0.992. The second kappa shape index (κ2) is 5.26. The Labute approximate surface area is 132 Å². The summed E-state index contributed by atoms with van der Waals surface area (Å²) in [4.78, 5) is 27.6. The Morgan fingerprint density at radius 3 is 2.65 bits per heavy atom. The van der Waals surface area contributed by atoms with Gasteiger partial charge < -0.3 is 14.3 Å². The average molecular weight is 318 g/mol. The Hall–Kier alpha value is -2.57. The van der Waals surface area contributed by atoms with Gasteiger partial charge in [-0.05, 0) is 51.2 Å². The molecule has 1 aliphatic carbocycles. The monoisotopic (exact) mass is 318 g/mol. The van der Waals surface area contributed by atoms with Gasteiger partial charge in [-0.15, -0.1) is 0 Å². The summed E-state index contributed by atoms with van der Waals surface area (Å²) in [6.07, 6.45) is 3.14. The Bertz CT molecular complexity index is 784. The first-order chi connectivity index (χ1) is 10.7. The van der Waals surface area contributed by atoms with E-state index in [4.69, 9.17) is 9.15 Å². The summed E-state index contributed by atoms with van der Waals surface area (Å²) in [6, 6.07) is 1.78. The highest BCUT2D eigenvalue weighted by Crippen LogP contribution is 2.41. The molecule has 7 nitrogen and oxygen atoms in total. The van der Waals surface area contributed by atoms with E-state index in [1.807, 2.05) is 0 Å². The lowest BCUT2D eigenvalue weighted by Gasteiger charge is -2.19. The number of carboxylic acids is 1. The largest absolute Gasteiger partial charge is 0.475 e. The van der Waals surface area contributed by atoms with Crippen molar-refractivity contribution in [2.75, 3.05) is 5.32 Å². The van der Waals surface area contributed by atoms with Gasteiger partial charge in [-0.25, -0.2) is 9.59 Å². The summed E-state index contributed by atoms with van der Waals surface area (Å²) in [5.74, 6) is -1.17. The highest BCUT2D eigenvalue weighted by molar-refractivity contribution is 6.06. The Morgan fingerprint density at radius 2 is 2.09 bits per heavy atom. The van der Waals surface area contributed by atoms with Crippen LogP contribution in [0.2, 0.25) is 0 Å². The van der Waals surface area contributed by atoms with Crippen molar-refractivity contribution >= 4 is 28.8 Å². The van der Waals surface area contributed by atoms with Crippen LogP contribution in [0.15, 0.2) is 16.7 Å². The average Bonchev–Trinajstić information content (AvgIpc) is 3.20. The molecule has 2 heterocycles. The van der Waals surface area contributed by atoms with E-state index in [0.29, 0.717) is 17.0 Å². The number of hydrogen-bond acceptors (Lipinski definition) is 5. The molecule has 0 unspecified atom stereocenters. The number of anilines is 1. The predicted octanol–water partition coefficient (Wildman–Crippen LogP) is 3.75. The molecule has 0 aromatic carbocycles. The zero-order valence-electron chi connectivity index (χ0n) is 13.2. The maximum Gasteiger partial charge on any atom is 0.412 e. The molecule has 0 bridgehead atoms. The number of carbonyl (C=O) groups is 2. The van der Waals surface area contributed by atoms with Crippen molar-refractivity contribution in [3.05, 3.63) is 23.6 Å². The number of rotatable bonds is 3. The zero-order valence-corrected chi connectivity index (χ0v) is 13.2. The van der Waals surface area contributed by atoms with E-state index in [2.05, 4.69) is 10.3 Å². The van der Waals surface area contributed by atoms with Crippen LogP contribution < -0.4 is 5.32 Å². The van der Waals surface area contributed by atoms with E-state index in [1.165, 1.54) is 0 Å². The van der Waals surface area contributed by atoms with Crippen LogP contribution in [0.1, 0.15) is 55.6 Å². The highest BCUT2D eigenvalue weighted by atomic mass is 16.6. The van der Waals surface area contributed by atoms with Crippen LogP contribution in [0.3, 0.4) is 0 Å². The van der Waals surface area contributed by atoms with E-state index in [0.717, 1.165) is 18.4 Å². The summed E-state index contributed by atoms with van der Waals surface area (Å²) in [6.45, 7) is 5.16. The first-order valence-corrected chi connectivity index (χ1v) is 7.40. The molecule has 0 saturated heterocycles. The number of hydrogen-bond donors (Lipinski definition) is 2. The minimum atomic E-state index is -1.28. The molecule has 2 aromatic rings. The molecule has 0 atom stereocenters. The van der Waals surface area contributed by atoms with Gasteiger partial charge in [0.1, 0.15) is 16.8 Å². The van der Waals surface area contributed by atoms with Crippen molar-refractivity contribution in [1.82, 2.24) is 4.98 Å². The van der Waals surface area contributed by atoms with E-state index in [1.54, 1.807) is 33.0 Å². The SMILES string of the molecule is CC(C)(C)OC(=O)Nc1c(C(=O)O)oc2cc(C3CC3)cnc12. The number of aromatic carboxylic acids is 1. The van der Waals surface area contributed by atoms with Crippen LogP contribution in [0.4, 0.5) is 10.5 Å². The molecule has 1 fully saturated rings. The van der Waals surface area contributed by atoms with Gasteiger partial charge in [-0.2, -0.15) is 0 Å². The normalized spacial score (nSPS) is 14.7. The number of aromatic nitrogens is 1. The molecule has 7 heteroatoms. The first kappa shape index (κ1) is 15.3. The van der Waals surface area contributed by atoms with Gasteiger partial charge in [0.25, 0.3) is 0 Å². The van der Waals surface area contributed by atoms with E-state index in [-0.39, 0.29) is 11.4 Å². The molecule has 3 rings (SSSR count). The number of fused-ring (bicyclic) bond motifs is 1. The molecule has 1 saturated carbocycles. The molecule has 2 N–H and O–H groups in total. The lowest BCUT2D eigenvalue weighted by Crippen LogP contribution is -2.27. The number of carbonyl (C=O) groups excluding carboxylic acids is 1. The Morgan fingerprint density at radius 1 is 1.39 bits per heavy atom. The van der Waals surface area contributed by atoms with Crippen LogP contribution in [-0.2, 0) is 4.74 Å². The van der Waals surface area contributed by atoms with Gasteiger partial charge in [0, 0.05) is 6.20 Å². The van der Waals surface area contributed by atoms with Crippen molar-refractivity contribution < 1.29 is 23.8 Å². The fourth-order valence-electron chi connectivity index (χ4n) is 2.31. The highest BCUT2D eigenvalue weighted by Gasteiger charge is 2.28. The minimum absolute atomic E-state index is 0.0177. The van der Waals surface area contributed by atoms with Crippen LogP contribution in [0.25, 0.3) is 11.1 Å². The number of nitrogens with one attached hydrogen (secondary N) is 1. The second-order valence-electron chi connectivity index (χ2n) is 6.63. The van der Waals surface area contributed by atoms with Crippen molar-refractivity contribution in [3.8, 4) is 0 Å². The summed E-state index contributed by atoms with van der Waals surface area (Å²) < 4.78 is 10.5. The molecule has 2 aromatic heterocycles. The second-order valence-corrected chi connectivity index (χ2v) is 6.63. The van der Waals surface area contributed by atoms with Crippen LogP contribution in [-0.4, -0.2) is 27.8 Å². The number of furan rings is 1. The van der Waals surface area contributed by atoms with Crippen molar-refractivity contribution in [1.29, 1.82) is 0 Å². The smallest absolute Gasteiger partial charge is 0.412 e. The number of ether oxygens (including phenoxy) is 1. The third kappa shape index (κ3) is 3.28. The molecule has 0 spiro atoms. The van der Waals surface area contributed by atoms with Crippen LogP contribution >= 0.6 is 0 Å². The topological polar surface area (TPSA) is 102 Å². The van der Waals surface area contributed by atoms with Gasteiger partial charge in [-0.3, -0.25) is 10.3 Å². The molecular weight excluding hydrogens is 300 g/mol. The maximum atomic E-state index is 11.9. The van der Waals surface area contributed by atoms with E-state index >= 15 is 0 Å². The summed E-state index contributed by atoms with van der Waals surface area (Å²) in [5, 5.41) is 11.7. The third-order valence-corrected chi connectivity index (χ3v) is 3.42. The fraction of sp³-hybridized carbons (Fsp3) is 0.438. The third-order valence-electron chi connectivity index (χ3n) is 3.42. The molecule has 122 valence electrons. The van der Waals surface area contributed by atoms with Crippen molar-refractivity contribution in [2.45, 2.75) is 45.1 Å². The fourth-order valence-corrected chi connectivity index (χ4v) is 2.31. The number of nitrogens with zero attached hydrogens (tertiary/aromatic N) is 1. The maximum absolute atomic E-state index is 11.9. The van der Waals surface area contributed by atoms with Crippen molar-refractivity contribution in [3.63, 3.8) is 0 Å². The van der Waals surface area contributed by atoms with Gasteiger partial charge in [0.2, 0.25) is 5.76 Å². The molecular formula is C16H18N2O5. The predicted molar refractivity (Wildman–Crippen MR) is 82.8 cm³/mol. The van der Waals surface area contributed by atoms with E-state index < -0.39 is 17.7 Å². The lowest BCUT2D eigenvalue weighted by atomic mass is 10.2. The molecule has 1 aliphatic rings. The van der Waals surface area contributed by atoms with Gasteiger partial charge in [0.05, 0.1) is 0 Å². The Balaban J connectivity index is 1.98. The molecule has 1 amide bonds. The van der Waals surface area contributed by atoms with E-state index in [9.17, 15) is 14.7 Å². The van der Waals surface area contributed by atoms with Gasteiger partial charge in [0.15, 0.2) is 5.58 Å². The first-order valence-electron chi connectivity index (χ1n) is 7.40. The lowest BCUT2D eigenvalue weighted by molar-refractivity contribution is 0.0635. The standard InChI is InChI=1S/C16H18N2O5/c1-16(2,3)23-15(21)18-12-11-10(22-13(12)14(19)20)6-9(7-17-11)8-4-5-8/h6-8H,4-5H2,1-3H3,(H,18,21)(H,19,20). The van der Waals surface area contributed by atoms with Gasteiger partial charge in [-0.1, -0.05) is 0 Å². The number of carboxylic acid groups (broad SMARTS) is 1. The van der Waals surface area contributed by atoms with Crippen molar-refractivity contribution in [2.24, 2.45) is 0 Å². The molecule has 0 radical (unpaired) electrons.